The third kappa shape index (κ3) is 5.22. The maximum Gasteiger partial charge on any atom is 0.407 e. The van der Waals surface area contributed by atoms with E-state index >= 15 is 0 Å². The average Bonchev–Trinajstić information content (AvgIpc) is 2.83. The van der Waals surface area contributed by atoms with Gasteiger partial charge >= 0.3 is 6.09 Å². The van der Waals surface area contributed by atoms with E-state index in [1.165, 1.54) is 11.1 Å². The van der Waals surface area contributed by atoms with Gasteiger partial charge in [0.1, 0.15) is 11.4 Å². The van der Waals surface area contributed by atoms with Crippen LogP contribution in [0.3, 0.4) is 0 Å². The highest BCUT2D eigenvalue weighted by atomic mass is 16.6. The van der Waals surface area contributed by atoms with Crippen molar-refractivity contribution in [3.63, 3.8) is 0 Å². The number of fused-ring (bicyclic) bond motifs is 1. The molecule has 0 saturated carbocycles. The van der Waals surface area contributed by atoms with Crippen molar-refractivity contribution in [3.05, 3.63) is 29.3 Å². The van der Waals surface area contributed by atoms with Gasteiger partial charge in [-0.3, -0.25) is 0 Å². The number of rotatable bonds is 5. The lowest BCUT2D eigenvalue weighted by molar-refractivity contribution is 0.0508. The van der Waals surface area contributed by atoms with E-state index in [9.17, 15) is 4.79 Å². The molecular weight excluding hydrogens is 280 g/mol. The zero-order valence-corrected chi connectivity index (χ0v) is 13.9. The van der Waals surface area contributed by atoms with E-state index in [-0.39, 0.29) is 12.1 Å². The highest BCUT2D eigenvalue weighted by Gasteiger charge is 2.17. The van der Waals surface area contributed by atoms with Crippen molar-refractivity contribution in [2.24, 2.45) is 0 Å². The van der Waals surface area contributed by atoms with Crippen LogP contribution in [0, 0.1) is 0 Å². The van der Waals surface area contributed by atoms with Crippen molar-refractivity contribution in [3.8, 4) is 5.75 Å². The van der Waals surface area contributed by atoms with Crippen LogP contribution < -0.4 is 15.4 Å². The lowest BCUT2D eigenvalue weighted by atomic mass is 10.1. The molecule has 1 aliphatic rings. The van der Waals surface area contributed by atoms with Crippen LogP contribution in [0.1, 0.15) is 38.8 Å². The van der Waals surface area contributed by atoms with Crippen LogP contribution in [-0.4, -0.2) is 30.9 Å². The zero-order valence-electron chi connectivity index (χ0n) is 13.9. The Morgan fingerprint density at radius 1 is 1.41 bits per heavy atom. The summed E-state index contributed by atoms with van der Waals surface area (Å²) in [4.78, 5) is 11.7. The molecule has 1 aromatic carbocycles. The number of nitrogens with one attached hydrogen (secondary N) is 2. The van der Waals surface area contributed by atoms with Gasteiger partial charge in [-0.1, -0.05) is 12.1 Å². The predicted octanol–water partition coefficient (Wildman–Crippen LogP) is 2.62. The second kappa shape index (κ2) is 7.01. The fourth-order valence-electron chi connectivity index (χ4n) is 2.34. The Morgan fingerprint density at radius 3 is 2.91 bits per heavy atom. The molecule has 0 fully saturated rings. The summed E-state index contributed by atoms with van der Waals surface area (Å²) in [5, 5.41) is 6.17. The number of benzene rings is 1. The second-order valence-electron chi connectivity index (χ2n) is 6.72. The molecule has 1 heterocycles. The first-order chi connectivity index (χ1) is 10.3. The summed E-state index contributed by atoms with van der Waals surface area (Å²) in [6.07, 6.45) is 0.608. The molecule has 0 aromatic heterocycles. The van der Waals surface area contributed by atoms with Crippen molar-refractivity contribution < 1.29 is 14.3 Å². The quantitative estimate of drug-likeness (QED) is 0.878. The second-order valence-corrected chi connectivity index (χ2v) is 6.72. The van der Waals surface area contributed by atoms with Crippen molar-refractivity contribution in [2.45, 2.75) is 52.3 Å². The van der Waals surface area contributed by atoms with E-state index in [1.807, 2.05) is 33.8 Å². The first-order valence-electron chi connectivity index (χ1n) is 7.78. The summed E-state index contributed by atoms with van der Waals surface area (Å²) in [5.74, 6) is 1.00. The molecule has 0 bridgehead atoms. The highest BCUT2D eigenvalue weighted by Crippen LogP contribution is 2.25. The van der Waals surface area contributed by atoms with E-state index in [4.69, 9.17) is 9.47 Å². The molecule has 2 rings (SSSR count). The SMILES string of the molecule is CC(CNCc1ccc2c(c1)CCO2)NC(=O)OC(C)(C)C. The van der Waals surface area contributed by atoms with Gasteiger partial charge in [0.25, 0.3) is 0 Å². The van der Waals surface area contributed by atoms with E-state index in [0.717, 1.165) is 25.3 Å². The molecule has 122 valence electrons. The summed E-state index contributed by atoms with van der Waals surface area (Å²) in [7, 11) is 0. The van der Waals surface area contributed by atoms with E-state index in [1.54, 1.807) is 0 Å². The molecule has 0 spiro atoms. The van der Waals surface area contributed by atoms with Crippen molar-refractivity contribution >= 4 is 6.09 Å². The Kier molecular flexibility index (Phi) is 5.29. The largest absolute Gasteiger partial charge is 0.493 e. The van der Waals surface area contributed by atoms with Gasteiger partial charge in [0.2, 0.25) is 0 Å². The first-order valence-corrected chi connectivity index (χ1v) is 7.78. The standard InChI is InChI=1S/C17H26N2O3/c1-12(19-16(20)22-17(2,3)4)10-18-11-13-5-6-15-14(9-13)7-8-21-15/h5-6,9,12,18H,7-8,10-11H2,1-4H3,(H,19,20). The number of carbonyl (C=O) groups is 1. The third-order valence-electron chi connectivity index (χ3n) is 3.30. The van der Waals surface area contributed by atoms with E-state index in [2.05, 4.69) is 22.8 Å². The van der Waals surface area contributed by atoms with Crippen molar-refractivity contribution in [2.75, 3.05) is 13.2 Å². The molecule has 0 saturated heterocycles. The Balaban J connectivity index is 1.71. The molecule has 0 radical (unpaired) electrons. The summed E-state index contributed by atoms with van der Waals surface area (Å²) in [6, 6.07) is 6.29. The summed E-state index contributed by atoms with van der Waals surface area (Å²) >= 11 is 0. The minimum absolute atomic E-state index is 0.00705. The highest BCUT2D eigenvalue weighted by molar-refractivity contribution is 5.68. The number of hydrogen-bond acceptors (Lipinski definition) is 4. The number of carbonyl (C=O) groups excluding carboxylic acids is 1. The Hall–Kier alpha value is -1.75. The van der Waals surface area contributed by atoms with Crippen LogP contribution in [-0.2, 0) is 17.7 Å². The predicted molar refractivity (Wildman–Crippen MR) is 86.2 cm³/mol. The van der Waals surface area contributed by atoms with Crippen LogP contribution in [0.15, 0.2) is 18.2 Å². The van der Waals surface area contributed by atoms with Crippen LogP contribution >= 0.6 is 0 Å². The molecule has 1 unspecified atom stereocenters. The van der Waals surface area contributed by atoms with Crippen LogP contribution in [0.5, 0.6) is 5.75 Å². The molecule has 2 N–H and O–H groups in total. The normalized spacial score (nSPS) is 14.9. The molecule has 1 amide bonds. The fourth-order valence-corrected chi connectivity index (χ4v) is 2.34. The lowest BCUT2D eigenvalue weighted by Crippen LogP contribution is -2.42. The average molecular weight is 306 g/mol. The van der Waals surface area contributed by atoms with Gasteiger partial charge in [0.05, 0.1) is 6.61 Å². The number of ether oxygens (including phenoxy) is 2. The molecule has 1 atom stereocenters. The monoisotopic (exact) mass is 306 g/mol. The van der Waals surface area contributed by atoms with Gasteiger partial charge in [-0.2, -0.15) is 0 Å². The Labute approximate surface area is 132 Å². The molecule has 0 aliphatic carbocycles. The maximum absolute atomic E-state index is 11.7. The van der Waals surface area contributed by atoms with Gasteiger partial charge < -0.3 is 20.1 Å². The third-order valence-corrected chi connectivity index (χ3v) is 3.30. The van der Waals surface area contributed by atoms with E-state index in [0.29, 0.717) is 6.54 Å². The van der Waals surface area contributed by atoms with Crippen molar-refractivity contribution in [1.29, 1.82) is 0 Å². The summed E-state index contributed by atoms with van der Waals surface area (Å²) in [6.45, 7) is 9.75. The van der Waals surface area contributed by atoms with Gasteiger partial charge in [-0.05, 0) is 44.9 Å². The molecule has 1 aliphatic heterocycles. The van der Waals surface area contributed by atoms with E-state index < -0.39 is 5.60 Å². The molecule has 5 heteroatoms. The minimum atomic E-state index is -0.469. The van der Waals surface area contributed by atoms with Crippen molar-refractivity contribution in [1.82, 2.24) is 10.6 Å². The zero-order chi connectivity index (χ0) is 16.2. The Morgan fingerprint density at radius 2 is 2.18 bits per heavy atom. The molecular formula is C17H26N2O3. The smallest absolute Gasteiger partial charge is 0.407 e. The lowest BCUT2D eigenvalue weighted by Gasteiger charge is -2.22. The summed E-state index contributed by atoms with van der Waals surface area (Å²) < 4.78 is 10.7. The van der Waals surface area contributed by atoms with Crippen LogP contribution in [0.4, 0.5) is 4.79 Å². The van der Waals surface area contributed by atoms with Gasteiger partial charge in [-0.25, -0.2) is 4.79 Å². The molecule has 1 aromatic rings. The molecule has 22 heavy (non-hydrogen) atoms. The first kappa shape index (κ1) is 16.6. The van der Waals surface area contributed by atoms with Gasteiger partial charge in [-0.15, -0.1) is 0 Å². The van der Waals surface area contributed by atoms with Gasteiger partial charge in [0, 0.05) is 25.6 Å². The van der Waals surface area contributed by atoms with Crippen LogP contribution in [0.25, 0.3) is 0 Å². The topological polar surface area (TPSA) is 59.6 Å². The number of amides is 1. The molecule has 5 nitrogen and oxygen atoms in total. The number of hydrogen-bond donors (Lipinski definition) is 2. The van der Waals surface area contributed by atoms with Gasteiger partial charge in [0.15, 0.2) is 0 Å². The number of alkyl carbamates (subject to hydrolysis) is 1. The minimum Gasteiger partial charge on any atom is -0.493 e. The fraction of sp³-hybridized carbons (Fsp3) is 0.588. The Bertz CT molecular complexity index is 523. The summed E-state index contributed by atoms with van der Waals surface area (Å²) in [5.41, 5.74) is 2.04. The van der Waals surface area contributed by atoms with Crippen LogP contribution in [0.2, 0.25) is 0 Å². The maximum atomic E-state index is 11.7.